The second-order valence-corrected chi connectivity index (χ2v) is 6.18. The average Bonchev–Trinajstić information content (AvgIpc) is 2.36. The molecule has 0 saturated heterocycles. The molecule has 1 aromatic rings. The lowest BCUT2D eigenvalue weighted by Gasteiger charge is -2.14. The molecule has 1 unspecified atom stereocenters. The summed E-state index contributed by atoms with van der Waals surface area (Å²) >= 11 is 7.97. The Labute approximate surface area is 119 Å². The van der Waals surface area contributed by atoms with Crippen LogP contribution in [0.4, 0.5) is 0 Å². The predicted octanol–water partition coefficient (Wildman–Crippen LogP) is 3.97. The van der Waals surface area contributed by atoms with Crippen molar-refractivity contribution < 1.29 is 4.74 Å². The van der Waals surface area contributed by atoms with Crippen LogP contribution in [0.1, 0.15) is 25.8 Å². The first kappa shape index (κ1) is 15.8. The largest absolute Gasteiger partial charge is 0.383 e. The van der Waals surface area contributed by atoms with Crippen LogP contribution in [0.15, 0.2) is 23.1 Å². The molecule has 0 heterocycles. The van der Waals surface area contributed by atoms with Crippen LogP contribution in [0.5, 0.6) is 0 Å². The van der Waals surface area contributed by atoms with Crippen molar-refractivity contribution in [2.45, 2.75) is 37.0 Å². The minimum Gasteiger partial charge on any atom is -0.383 e. The zero-order valence-corrected chi connectivity index (χ0v) is 12.9. The Morgan fingerprint density at radius 1 is 1.44 bits per heavy atom. The van der Waals surface area contributed by atoms with E-state index in [-0.39, 0.29) is 0 Å². The van der Waals surface area contributed by atoms with Crippen LogP contribution in [-0.4, -0.2) is 25.5 Å². The molecular formula is C14H22ClNOS. The van der Waals surface area contributed by atoms with Crippen LogP contribution in [0.25, 0.3) is 0 Å². The summed E-state index contributed by atoms with van der Waals surface area (Å²) in [6, 6.07) is 6.12. The number of hydrogen-bond donors (Lipinski definition) is 1. The fourth-order valence-electron chi connectivity index (χ4n) is 1.48. The van der Waals surface area contributed by atoms with E-state index < -0.39 is 0 Å². The Morgan fingerprint density at radius 2 is 2.22 bits per heavy atom. The molecule has 0 spiro atoms. The van der Waals surface area contributed by atoms with E-state index in [1.807, 2.05) is 17.8 Å². The Morgan fingerprint density at radius 3 is 2.89 bits per heavy atom. The topological polar surface area (TPSA) is 21.3 Å². The normalized spacial score (nSPS) is 12.7. The maximum atomic E-state index is 6.07. The Bertz CT molecular complexity index is 360. The van der Waals surface area contributed by atoms with Crippen molar-refractivity contribution >= 4 is 23.4 Å². The summed E-state index contributed by atoms with van der Waals surface area (Å²) in [6.45, 7) is 6.92. The number of methoxy groups -OCH3 is 1. The number of nitrogens with one attached hydrogen (secondary N) is 1. The summed E-state index contributed by atoms with van der Waals surface area (Å²) in [5.74, 6) is 0. The van der Waals surface area contributed by atoms with Gasteiger partial charge in [0.15, 0.2) is 0 Å². The maximum Gasteiger partial charge on any atom is 0.0587 e. The molecule has 1 N–H and O–H groups in total. The average molecular weight is 288 g/mol. The Hall–Kier alpha value is -0.220. The van der Waals surface area contributed by atoms with Crippen LogP contribution in [0.3, 0.4) is 0 Å². The predicted molar refractivity (Wildman–Crippen MR) is 80.6 cm³/mol. The van der Waals surface area contributed by atoms with Crippen molar-refractivity contribution in [3.63, 3.8) is 0 Å². The third-order valence-corrected chi connectivity index (χ3v) is 4.34. The summed E-state index contributed by atoms with van der Waals surface area (Å²) in [5.41, 5.74) is 1.31. The van der Waals surface area contributed by atoms with Gasteiger partial charge in [-0.3, -0.25) is 0 Å². The van der Waals surface area contributed by atoms with Crippen LogP contribution >= 0.6 is 23.4 Å². The van der Waals surface area contributed by atoms with Gasteiger partial charge in [0, 0.05) is 35.4 Å². The van der Waals surface area contributed by atoms with Gasteiger partial charge in [0.2, 0.25) is 0 Å². The van der Waals surface area contributed by atoms with Crippen LogP contribution < -0.4 is 5.32 Å². The number of hydrogen-bond acceptors (Lipinski definition) is 3. The molecule has 0 aliphatic carbocycles. The monoisotopic (exact) mass is 287 g/mol. The van der Waals surface area contributed by atoms with Crippen molar-refractivity contribution in [3.05, 3.63) is 28.8 Å². The fourth-order valence-corrected chi connectivity index (χ4v) is 2.81. The zero-order valence-electron chi connectivity index (χ0n) is 11.3. The molecule has 0 aliphatic rings. The maximum absolute atomic E-state index is 6.07. The first-order valence-corrected chi connectivity index (χ1v) is 7.57. The first-order valence-electron chi connectivity index (χ1n) is 6.32. The van der Waals surface area contributed by atoms with Gasteiger partial charge in [0.1, 0.15) is 0 Å². The van der Waals surface area contributed by atoms with Gasteiger partial charge in [0.25, 0.3) is 0 Å². The van der Waals surface area contributed by atoms with Crippen LogP contribution in [-0.2, 0) is 11.3 Å². The van der Waals surface area contributed by atoms with E-state index in [1.54, 1.807) is 7.11 Å². The summed E-state index contributed by atoms with van der Waals surface area (Å²) in [5, 5.41) is 4.79. The smallest absolute Gasteiger partial charge is 0.0587 e. The number of ether oxygens (including phenoxy) is 1. The van der Waals surface area contributed by atoms with Crippen LogP contribution in [0, 0.1) is 0 Å². The molecule has 0 radical (unpaired) electrons. The minimum atomic E-state index is 0.612. The van der Waals surface area contributed by atoms with Gasteiger partial charge in [-0.05, 0) is 24.1 Å². The minimum absolute atomic E-state index is 0.612. The molecule has 0 bridgehead atoms. The summed E-state index contributed by atoms with van der Waals surface area (Å²) in [7, 11) is 1.72. The standard InChI is InChI=1S/C14H22ClNOS/c1-4-11(2)18-14-9-13(15)6-5-12(14)10-16-7-8-17-3/h5-6,9,11,16H,4,7-8,10H2,1-3H3. The second-order valence-electron chi connectivity index (χ2n) is 4.26. The van der Waals surface area contributed by atoms with Crippen molar-refractivity contribution in [1.29, 1.82) is 0 Å². The lowest BCUT2D eigenvalue weighted by molar-refractivity contribution is 0.199. The van der Waals surface area contributed by atoms with Crippen LogP contribution in [0.2, 0.25) is 5.02 Å². The van der Waals surface area contributed by atoms with E-state index in [0.717, 1.165) is 31.1 Å². The van der Waals surface area contributed by atoms with Gasteiger partial charge in [-0.1, -0.05) is 31.5 Å². The molecule has 0 amide bonds. The summed E-state index contributed by atoms with van der Waals surface area (Å²) in [6.07, 6.45) is 1.16. The van der Waals surface area contributed by atoms with E-state index in [0.29, 0.717) is 5.25 Å². The summed E-state index contributed by atoms with van der Waals surface area (Å²) in [4.78, 5) is 1.28. The van der Waals surface area contributed by atoms with Gasteiger partial charge >= 0.3 is 0 Å². The molecule has 102 valence electrons. The van der Waals surface area contributed by atoms with Gasteiger partial charge in [-0.25, -0.2) is 0 Å². The molecule has 1 atom stereocenters. The first-order chi connectivity index (χ1) is 8.67. The highest BCUT2D eigenvalue weighted by molar-refractivity contribution is 8.00. The molecule has 18 heavy (non-hydrogen) atoms. The molecule has 0 aromatic heterocycles. The highest BCUT2D eigenvalue weighted by atomic mass is 35.5. The molecule has 0 aliphatic heterocycles. The van der Waals surface area contributed by atoms with Gasteiger partial charge in [0.05, 0.1) is 6.61 Å². The fraction of sp³-hybridized carbons (Fsp3) is 0.571. The SMILES string of the molecule is CCC(C)Sc1cc(Cl)ccc1CNCCOC. The van der Waals surface area contributed by atoms with E-state index in [2.05, 4.69) is 31.3 Å². The van der Waals surface area contributed by atoms with Crippen molar-refractivity contribution in [2.24, 2.45) is 0 Å². The number of rotatable bonds is 8. The van der Waals surface area contributed by atoms with Gasteiger partial charge < -0.3 is 10.1 Å². The van der Waals surface area contributed by atoms with E-state index in [9.17, 15) is 0 Å². The molecule has 0 saturated carbocycles. The molecule has 1 aromatic carbocycles. The Kier molecular flexibility index (Phi) is 7.75. The highest BCUT2D eigenvalue weighted by Gasteiger charge is 2.08. The zero-order chi connectivity index (χ0) is 13.4. The second kappa shape index (κ2) is 8.81. The lowest BCUT2D eigenvalue weighted by Crippen LogP contribution is -2.19. The van der Waals surface area contributed by atoms with Gasteiger partial charge in [-0.15, -0.1) is 11.8 Å². The quantitative estimate of drug-likeness (QED) is 0.577. The lowest BCUT2D eigenvalue weighted by atomic mass is 10.2. The summed E-state index contributed by atoms with van der Waals surface area (Å²) < 4.78 is 5.02. The van der Waals surface area contributed by atoms with Gasteiger partial charge in [-0.2, -0.15) is 0 Å². The third kappa shape index (κ3) is 5.61. The molecule has 1 rings (SSSR count). The number of benzene rings is 1. The van der Waals surface area contributed by atoms with Crippen molar-refractivity contribution in [1.82, 2.24) is 5.32 Å². The van der Waals surface area contributed by atoms with Crippen molar-refractivity contribution in [2.75, 3.05) is 20.3 Å². The number of thioether (sulfide) groups is 1. The third-order valence-electron chi connectivity index (χ3n) is 2.73. The molecular weight excluding hydrogens is 266 g/mol. The molecule has 2 nitrogen and oxygen atoms in total. The Balaban J connectivity index is 2.64. The van der Waals surface area contributed by atoms with Crippen molar-refractivity contribution in [3.8, 4) is 0 Å². The van der Waals surface area contributed by atoms with E-state index in [1.165, 1.54) is 10.5 Å². The van der Waals surface area contributed by atoms with E-state index in [4.69, 9.17) is 16.3 Å². The highest BCUT2D eigenvalue weighted by Crippen LogP contribution is 2.30. The van der Waals surface area contributed by atoms with E-state index >= 15 is 0 Å². The molecule has 0 fully saturated rings. The number of halogens is 1. The molecule has 4 heteroatoms.